The van der Waals surface area contributed by atoms with Crippen LogP contribution in [-0.2, 0) is 0 Å². The van der Waals surface area contributed by atoms with E-state index >= 15 is 0 Å². The SMILES string of the molecule is CC1=NC(C)(C)C(C)(C)N1c1ccc(-c2nc(-c3ccc(N4C(C)=NC(C)(C)C4(C)C)nc3)nc(-c3ccc(N4C(C)=NC(C)(C)C4(C)C)nc3)n2)cn1. The van der Waals surface area contributed by atoms with Crippen molar-refractivity contribution in [1.29, 1.82) is 0 Å². The first-order valence-electron chi connectivity index (χ1n) is 18.7. The molecular weight excluding hydrogens is 673 g/mol. The molecule has 12 nitrogen and oxygen atoms in total. The van der Waals surface area contributed by atoms with Crippen LogP contribution in [-0.4, -0.2) is 80.6 Å². The molecule has 3 aliphatic rings. The highest BCUT2D eigenvalue weighted by Gasteiger charge is 2.50. The number of amidine groups is 3. The first-order valence-corrected chi connectivity index (χ1v) is 18.7. The van der Waals surface area contributed by atoms with E-state index in [2.05, 4.69) is 97.8 Å². The van der Waals surface area contributed by atoms with Gasteiger partial charge in [-0.1, -0.05) is 0 Å². The van der Waals surface area contributed by atoms with Crippen molar-refractivity contribution in [2.45, 2.75) is 137 Å². The van der Waals surface area contributed by atoms with Gasteiger partial charge in [-0.15, -0.1) is 0 Å². The molecule has 0 spiro atoms. The molecule has 0 N–H and O–H groups in total. The molecule has 0 fully saturated rings. The smallest absolute Gasteiger partial charge is 0.165 e. The third-order valence-electron chi connectivity index (χ3n) is 12.8. The van der Waals surface area contributed by atoms with E-state index in [0.29, 0.717) is 17.5 Å². The number of rotatable bonds is 6. The second-order valence-electron chi connectivity index (χ2n) is 17.9. The summed E-state index contributed by atoms with van der Waals surface area (Å²) >= 11 is 0. The van der Waals surface area contributed by atoms with Gasteiger partial charge in [0.1, 0.15) is 35.0 Å². The largest absolute Gasteiger partial charge is 0.307 e. The molecular formula is C42H54N12. The van der Waals surface area contributed by atoms with Crippen molar-refractivity contribution >= 4 is 35.0 Å². The summed E-state index contributed by atoms with van der Waals surface area (Å²) in [6.45, 7) is 32.3. The van der Waals surface area contributed by atoms with E-state index in [0.717, 1.165) is 51.7 Å². The van der Waals surface area contributed by atoms with E-state index in [1.807, 2.05) is 75.8 Å². The number of hydrogen-bond acceptors (Lipinski definition) is 12. The Labute approximate surface area is 320 Å². The molecule has 0 saturated heterocycles. The molecule has 0 bridgehead atoms. The average Bonchev–Trinajstić information content (AvgIpc) is 3.44. The fraction of sp³-hybridized carbons (Fsp3) is 0.500. The molecule has 4 aromatic rings. The Morgan fingerprint density at radius 1 is 0.370 bits per heavy atom. The summed E-state index contributed by atoms with van der Waals surface area (Å²) in [5, 5.41) is 0. The summed E-state index contributed by atoms with van der Waals surface area (Å²) in [5.41, 5.74) is 0.743. The van der Waals surface area contributed by atoms with Crippen LogP contribution in [0, 0.1) is 0 Å². The van der Waals surface area contributed by atoms with Crippen molar-refractivity contribution in [3.05, 3.63) is 55.0 Å². The van der Waals surface area contributed by atoms with Crippen molar-refractivity contribution in [1.82, 2.24) is 29.9 Å². The number of aromatic nitrogens is 6. The van der Waals surface area contributed by atoms with Crippen molar-refractivity contribution < 1.29 is 0 Å². The summed E-state index contributed by atoms with van der Waals surface area (Å²) in [5.74, 6) is 6.79. The molecule has 7 rings (SSSR count). The predicted octanol–water partition coefficient (Wildman–Crippen LogP) is 8.44. The van der Waals surface area contributed by atoms with Crippen molar-refractivity contribution in [2.24, 2.45) is 15.0 Å². The Hall–Kier alpha value is -5.13. The van der Waals surface area contributed by atoms with Crippen LogP contribution < -0.4 is 14.7 Å². The summed E-state index contributed by atoms with van der Waals surface area (Å²) in [6.07, 6.45) is 5.48. The van der Waals surface area contributed by atoms with E-state index in [1.165, 1.54) is 0 Å². The van der Waals surface area contributed by atoms with Crippen LogP contribution in [0.5, 0.6) is 0 Å². The Bertz CT molecular complexity index is 1940. The van der Waals surface area contributed by atoms with Crippen LogP contribution in [0.1, 0.15) is 104 Å². The molecule has 0 amide bonds. The van der Waals surface area contributed by atoms with Crippen LogP contribution in [0.15, 0.2) is 70.0 Å². The highest BCUT2D eigenvalue weighted by Crippen LogP contribution is 2.43. The number of pyridine rings is 3. The van der Waals surface area contributed by atoms with Crippen molar-refractivity contribution in [3.63, 3.8) is 0 Å². The lowest BCUT2D eigenvalue weighted by molar-refractivity contribution is 0.337. The standard InChI is InChI=1S/C42H54N12/c1-25-49-37(4,5)40(10,11)52(25)31-19-16-28(22-43-31)34-46-35(29-17-20-32(44-23-29)53-26(2)50-38(6,7)41(53,12)13)48-36(47-34)30-18-21-33(45-24-30)54-27(3)51-39(8,9)42(54,14)15/h16-24H,1-15H3. The number of nitrogens with zero attached hydrogens (tertiary/aromatic N) is 12. The Balaban J connectivity index is 1.28. The second-order valence-corrected chi connectivity index (χ2v) is 17.9. The summed E-state index contributed by atoms with van der Waals surface area (Å²) in [7, 11) is 0. The zero-order valence-corrected chi connectivity index (χ0v) is 34.6. The molecule has 0 aromatic carbocycles. The van der Waals surface area contributed by atoms with Crippen LogP contribution in [0.2, 0.25) is 0 Å². The zero-order valence-electron chi connectivity index (χ0n) is 34.6. The lowest BCUT2D eigenvalue weighted by Gasteiger charge is -2.40. The predicted molar refractivity (Wildman–Crippen MR) is 221 cm³/mol. The lowest BCUT2D eigenvalue weighted by Crippen LogP contribution is -2.53. The average molecular weight is 727 g/mol. The molecule has 7 heterocycles. The van der Waals surface area contributed by atoms with Gasteiger partial charge in [0.25, 0.3) is 0 Å². The maximum Gasteiger partial charge on any atom is 0.165 e. The Kier molecular flexibility index (Phi) is 8.22. The highest BCUT2D eigenvalue weighted by molar-refractivity contribution is 6.01. The first-order chi connectivity index (χ1) is 25.0. The highest BCUT2D eigenvalue weighted by atomic mass is 15.4. The molecule has 0 unspecified atom stereocenters. The van der Waals surface area contributed by atoms with Gasteiger partial charge in [0.15, 0.2) is 17.5 Å². The molecule has 12 heteroatoms. The lowest BCUT2D eigenvalue weighted by atomic mass is 9.83. The molecule has 282 valence electrons. The van der Waals surface area contributed by atoms with Gasteiger partial charge in [-0.3, -0.25) is 15.0 Å². The van der Waals surface area contributed by atoms with Crippen molar-refractivity contribution in [3.8, 4) is 34.2 Å². The molecule has 0 radical (unpaired) electrons. The zero-order chi connectivity index (χ0) is 39.4. The van der Waals surface area contributed by atoms with Gasteiger partial charge < -0.3 is 14.7 Å². The van der Waals surface area contributed by atoms with Gasteiger partial charge in [0, 0.05) is 35.3 Å². The normalized spacial score (nSPS) is 21.6. The minimum Gasteiger partial charge on any atom is -0.307 e. The molecule has 4 aromatic heterocycles. The van der Waals surface area contributed by atoms with Gasteiger partial charge in [-0.2, -0.15) is 0 Å². The third kappa shape index (κ3) is 5.59. The quantitative estimate of drug-likeness (QED) is 0.193. The molecule has 3 aliphatic heterocycles. The third-order valence-corrected chi connectivity index (χ3v) is 12.8. The summed E-state index contributed by atoms with van der Waals surface area (Å²) in [4.78, 5) is 51.1. The van der Waals surface area contributed by atoms with Gasteiger partial charge in [-0.25, -0.2) is 29.9 Å². The van der Waals surface area contributed by atoms with Gasteiger partial charge >= 0.3 is 0 Å². The fourth-order valence-electron chi connectivity index (χ4n) is 7.88. The van der Waals surface area contributed by atoms with Crippen LogP contribution in [0.4, 0.5) is 17.5 Å². The number of hydrogen-bond donors (Lipinski definition) is 0. The van der Waals surface area contributed by atoms with E-state index in [-0.39, 0.29) is 33.2 Å². The fourth-order valence-corrected chi connectivity index (χ4v) is 7.88. The van der Waals surface area contributed by atoms with E-state index in [1.54, 1.807) is 0 Å². The minimum atomic E-state index is -0.263. The van der Waals surface area contributed by atoms with Gasteiger partial charge in [0.05, 0.1) is 33.2 Å². The van der Waals surface area contributed by atoms with E-state index in [9.17, 15) is 0 Å². The Morgan fingerprint density at radius 3 is 0.778 bits per heavy atom. The maximum absolute atomic E-state index is 4.99. The van der Waals surface area contributed by atoms with E-state index < -0.39 is 0 Å². The molecule has 0 aliphatic carbocycles. The van der Waals surface area contributed by atoms with Gasteiger partial charge in [-0.05, 0) is 140 Å². The topological polar surface area (TPSA) is 124 Å². The van der Waals surface area contributed by atoms with Crippen molar-refractivity contribution in [2.75, 3.05) is 14.7 Å². The molecule has 54 heavy (non-hydrogen) atoms. The molecule has 0 saturated carbocycles. The first kappa shape index (κ1) is 37.2. The second kappa shape index (κ2) is 11.9. The number of aliphatic imine (C=N–C) groups is 3. The van der Waals surface area contributed by atoms with E-state index in [4.69, 9.17) is 44.9 Å². The molecule has 0 atom stereocenters. The van der Waals surface area contributed by atoms with Gasteiger partial charge in [0.2, 0.25) is 0 Å². The van der Waals surface area contributed by atoms with Crippen LogP contribution >= 0.6 is 0 Å². The monoisotopic (exact) mass is 726 g/mol. The summed E-state index contributed by atoms with van der Waals surface area (Å²) < 4.78 is 0. The van der Waals surface area contributed by atoms with Crippen LogP contribution in [0.3, 0.4) is 0 Å². The maximum atomic E-state index is 4.99. The van der Waals surface area contributed by atoms with Crippen LogP contribution in [0.25, 0.3) is 34.2 Å². The minimum absolute atomic E-state index is 0.258. The summed E-state index contributed by atoms with van der Waals surface area (Å²) in [6, 6.07) is 12.1. The number of anilines is 3. The Morgan fingerprint density at radius 2 is 0.611 bits per heavy atom.